The van der Waals surface area contributed by atoms with Gasteiger partial charge in [0, 0.05) is 0 Å². The van der Waals surface area contributed by atoms with Crippen molar-refractivity contribution in [2.45, 2.75) is 19.4 Å². The summed E-state index contributed by atoms with van der Waals surface area (Å²) >= 11 is 3.00. The third kappa shape index (κ3) is 5.28. The molecule has 16 heavy (non-hydrogen) atoms. The topological polar surface area (TPSA) is 38.8 Å². The van der Waals surface area contributed by atoms with E-state index in [1.807, 2.05) is 6.07 Å². The highest BCUT2D eigenvalue weighted by atomic mass is 79.9. The van der Waals surface area contributed by atoms with Crippen molar-refractivity contribution in [3.63, 3.8) is 0 Å². The summed E-state index contributed by atoms with van der Waals surface area (Å²) in [6.45, 7) is 3.15. The Hall–Kier alpha value is -0.870. The Labute approximate surface area is 104 Å². The van der Waals surface area contributed by atoms with Gasteiger partial charge < -0.3 is 9.47 Å². The van der Waals surface area contributed by atoms with Crippen molar-refractivity contribution in [1.82, 2.24) is 0 Å². The van der Waals surface area contributed by atoms with Gasteiger partial charge in [0.1, 0.15) is 5.52 Å². The number of esters is 1. The van der Waals surface area contributed by atoms with E-state index >= 15 is 0 Å². The fourth-order valence-corrected chi connectivity index (χ4v) is 1.22. The fourth-order valence-electron chi connectivity index (χ4n) is 1.01. The van der Waals surface area contributed by atoms with Gasteiger partial charge in [-0.05, 0) is 34.5 Å². The highest BCUT2D eigenvalue weighted by Crippen LogP contribution is 2.10. The van der Waals surface area contributed by atoms with E-state index in [1.165, 1.54) is 6.42 Å². The first-order chi connectivity index (χ1) is 7.77. The summed E-state index contributed by atoms with van der Waals surface area (Å²) < 4.78 is 9.56. The Balaban J connectivity index is 0.000000212. The van der Waals surface area contributed by atoms with Crippen molar-refractivity contribution in [2.75, 3.05) is 12.1 Å². The van der Waals surface area contributed by atoms with Crippen LogP contribution in [0.25, 0.3) is 0 Å². The summed E-state index contributed by atoms with van der Waals surface area (Å²) in [6, 6.07) is 8.87. The van der Waals surface area contributed by atoms with Crippen LogP contribution >= 0.6 is 15.9 Å². The van der Waals surface area contributed by atoms with Gasteiger partial charge in [0.05, 0.1) is 18.3 Å². The summed E-state index contributed by atoms with van der Waals surface area (Å²) in [5.74, 6) is -0.303. The molecule has 3 nitrogen and oxygen atoms in total. The summed E-state index contributed by atoms with van der Waals surface area (Å²) in [7, 11) is 0. The monoisotopic (exact) mass is 286 g/mol. The Morgan fingerprint density at radius 3 is 2.50 bits per heavy atom. The van der Waals surface area contributed by atoms with E-state index in [2.05, 4.69) is 22.9 Å². The van der Waals surface area contributed by atoms with Crippen molar-refractivity contribution >= 4 is 21.9 Å². The molecule has 4 heteroatoms. The van der Waals surface area contributed by atoms with Crippen molar-refractivity contribution in [3.05, 3.63) is 35.9 Å². The molecule has 88 valence electrons. The molecule has 1 aromatic rings. The first-order valence-electron chi connectivity index (χ1n) is 5.17. The highest BCUT2D eigenvalue weighted by Gasteiger charge is 2.18. The minimum Gasteiger partial charge on any atom is -0.450 e. The van der Waals surface area contributed by atoms with Gasteiger partial charge in [-0.15, -0.1) is 0 Å². The van der Waals surface area contributed by atoms with Crippen LogP contribution in [0.4, 0.5) is 0 Å². The zero-order valence-corrected chi connectivity index (χ0v) is 10.8. The number of ether oxygens (including phenoxy) is 2. The van der Waals surface area contributed by atoms with Crippen LogP contribution < -0.4 is 0 Å². The van der Waals surface area contributed by atoms with Crippen molar-refractivity contribution in [2.24, 2.45) is 0 Å². The normalized spacial score (nSPS) is 17.0. The number of benzene rings is 1. The van der Waals surface area contributed by atoms with Gasteiger partial charge in [-0.2, -0.15) is 0 Å². The molecule has 1 saturated heterocycles. The predicted molar refractivity (Wildman–Crippen MR) is 65.7 cm³/mol. The molecule has 1 aromatic carbocycles. The van der Waals surface area contributed by atoms with Gasteiger partial charge in [-0.1, -0.05) is 25.1 Å². The van der Waals surface area contributed by atoms with Crippen molar-refractivity contribution in [1.29, 1.82) is 0 Å². The number of alkyl halides is 1. The van der Waals surface area contributed by atoms with E-state index in [0.29, 0.717) is 11.7 Å². The standard InChI is InChI=1S/C8H7BrO2.C4H8O/c9-6-11-8(10)7-4-2-1-3-5-7;1-2-4-3-5-4/h1-5H,6H2;4H,2-3H2,1H3. The molecule has 1 aliphatic rings. The van der Waals surface area contributed by atoms with Gasteiger partial charge >= 0.3 is 5.97 Å². The molecular formula is C12H15BrO3. The van der Waals surface area contributed by atoms with Crippen LogP contribution in [0.2, 0.25) is 0 Å². The SMILES string of the molecule is CCC1CO1.O=C(OCBr)c1ccccc1. The maximum absolute atomic E-state index is 11.0. The molecule has 0 amide bonds. The van der Waals surface area contributed by atoms with E-state index in [4.69, 9.17) is 9.47 Å². The number of carbonyl (C=O) groups is 1. The zero-order chi connectivity index (χ0) is 11.8. The summed E-state index contributed by atoms with van der Waals surface area (Å²) in [5.41, 5.74) is 0.813. The third-order valence-corrected chi connectivity index (χ3v) is 2.28. The predicted octanol–water partition coefficient (Wildman–Crippen LogP) is 2.99. The molecule has 0 aromatic heterocycles. The van der Waals surface area contributed by atoms with Gasteiger partial charge in [-0.25, -0.2) is 4.79 Å². The second-order valence-corrected chi connectivity index (χ2v) is 3.73. The molecule has 0 bridgehead atoms. The molecule has 1 unspecified atom stereocenters. The number of epoxide rings is 1. The number of halogens is 1. The molecule has 0 spiro atoms. The van der Waals surface area contributed by atoms with E-state index in [9.17, 15) is 4.79 Å². The van der Waals surface area contributed by atoms with Crippen molar-refractivity contribution < 1.29 is 14.3 Å². The van der Waals surface area contributed by atoms with Gasteiger partial charge in [0.15, 0.2) is 0 Å². The molecule has 0 radical (unpaired) electrons. The zero-order valence-electron chi connectivity index (χ0n) is 9.19. The van der Waals surface area contributed by atoms with Crippen LogP contribution in [0.5, 0.6) is 0 Å². The molecule has 0 aliphatic carbocycles. The first kappa shape index (κ1) is 13.2. The third-order valence-electron chi connectivity index (χ3n) is 2.05. The van der Waals surface area contributed by atoms with E-state index in [1.54, 1.807) is 24.3 Å². The van der Waals surface area contributed by atoms with Crippen molar-refractivity contribution in [3.8, 4) is 0 Å². The molecule has 1 fully saturated rings. The van der Waals surface area contributed by atoms with Crippen LogP contribution in [-0.2, 0) is 9.47 Å². The Kier molecular flexibility index (Phi) is 6.11. The fraction of sp³-hybridized carbons (Fsp3) is 0.417. The Morgan fingerprint density at radius 1 is 1.50 bits per heavy atom. The lowest BCUT2D eigenvalue weighted by atomic mass is 10.2. The molecule has 1 aliphatic heterocycles. The van der Waals surface area contributed by atoms with Crippen LogP contribution in [0.3, 0.4) is 0 Å². The minimum absolute atomic E-state index is 0.237. The maximum atomic E-state index is 11.0. The molecule has 1 heterocycles. The largest absolute Gasteiger partial charge is 0.450 e. The van der Waals surface area contributed by atoms with E-state index < -0.39 is 0 Å². The van der Waals surface area contributed by atoms with Gasteiger partial charge in [0.2, 0.25) is 0 Å². The summed E-state index contributed by atoms with van der Waals surface area (Å²) in [6.07, 6.45) is 1.83. The average Bonchev–Trinajstić information content (AvgIpc) is 3.15. The van der Waals surface area contributed by atoms with Crippen LogP contribution in [0, 0.1) is 0 Å². The lowest BCUT2D eigenvalue weighted by Crippen LogP contribution is -2.02. The average molecular weight is 287 g/mol. The van der Waals surface area contributed by atoms with Crippen LogP contribution in [0.15, 0.2) is 30.3 Å². The highest BCUT2D eigenvalue weighted by molar-refractivity contribution is 9.09. The van der Waals surface area contributed by atoms with Crippen LogP contribution in [0.1, 0.15) is 23.7 Å². The quantitative estimate of drug-likeness (QED) is 0.487. The Bertz CT molecular complexity index is 309. The maximum Gasteiger partial charge on any atom is 0.338 e. The molecule has 0 saturated carbocycles. The van der Waals surface area contributed by atoms with Crippen LogP contribution in [-0.4, -0.2) is 24.2 Å². The smallest absolute Gasteiger partial charge is 0.338 e. The second kappa shape index (κ2) is 7.41. The molecule has 0 N–H and O–H groups in total. The summed E-state index contributed by atoms with van der Waals surface area (Å²) in [4.78, 5) is 11.0. The number of hydrogen-bond donors (Lipinski definition) is 0. The van der Waals surface area contributed by atoms with Gasteiger partial charge in [-0.3, -0.25) is 0 Å². The Morgan fingerprint density at radius 2 is 2.12 bits per heavy atom. The molecular weight excluding hydrogens is 272 g/mol. The lowest BCUT2D eigenvalue weighted by Gasteiger charge is -1.98. The molecule has 1 atom stereocenters. The van der Waals surface area contributed by atoms with Gasteiger partial charge in [0.25, 0.3) is 0 Å². The molecule has 2 rings (SSSR count). The number of rotatable bonds is 3. The first-order valence-corrected chi connectivity index (χ1v) is 6.29. The van der Waals surface area contributed by atoms with E-state index in [0.717, 1.165) is 6.61 Å². The number of carbonyl (C=O) groups excluding carboxylic acids is 1. The number of hydrogen-bond acceptors (Lipinski definition) is 3. The second-order valence-electron chi connectivity index (χ2n) is 3.27. The lowest BCUT2D eigenvalue weighted by molar-refractivity contribution is 0.0584. The minimum atomic E-state index is -0.303. The van der Waals surface area contributed by atoms with E-state index in [-0.39, 0.29) is 11.5 Å². The summed E-state index contributed by atoms with van der Waals surface area (Å²) in [5, 5.41) is 0.